The second kappa shape index (κ2) is 11.4. The number of ketones is 1. The number of aryl methyl sites for hydroxylation is 2. The van der Waals surface area contributed by atoms with E-state index in [1.807, 2.05) is 56.3 Å². The predicted molar refractivity (Wildman–Crippen MR) is 158 cm³/mol. The van der Waals surface area contributed by atoms with Gasteiger partial charge in [-0.15, -0.1) is 0 Å². The fraction of sp³-hybridized carbons (Fsp3) is 0.294. The van der Waals surface area contributed by atoms with Crippen molar-refractivity contribution in [2.24, 2.45) is 0 Å². The minimum atomic E-state index is -0.454. The maximum Gasteiger partial charge on any atom is 0.254 e. The van der Waals surface area contributed by atoms with Crippen LogP contribution in [0.5, 0.6) is 11.5 Å². The van der Waals surface area contributed by atoms with Crippen LogP contribution in [0.3, 0.4) is 0 Å². The van der Waals surface area contributed by atoms with E-state index in [0.29, 0.717) is 35.5 Å². The Morgan fingerprint density at radius 1 is 0.925 bits per heavy atom. The van der Waals surface area contributed by atoms with E-state index in [0.717, 1.165) is 40.2 Å². The lowest BCUT2D eigenvalue weighted by atomic mass is 9.71. The van der Waals surface area contributed by atoms with E-state index in [4.69, 9.17) is 9.47 Å². The Hall–Kier alpha value is -4.32. The third kappa shape index (κ3) is 5.14. The summed E-state index contributed by atoms with van der Waals surface area (Å²) in [6.45, 7) is 6.01. The molecule has 5 rings (SSSR count). The average Bonchev–Trinajstić information content (AvgIpc) is 2.97. The van der Waals surface area contributed by atoms with Gasteiger partial charge >= 0.3 is 0 Å². The van der Waals surface area contributed by atoms with Crippen molar-refractivity contribution >= 4 is 17.4 Å². The summed E-state index contributed by atoms with van der Waals surface area (Å²) in [7, 11) is 3.23. The van der Waals surface area contributed by atoms with Gasteiger partial charge in [0.05, 0.1) is 14.2 Å². The number of allylic oxidation sites excluding steroid dienone is 3. The third-order valence-corrected chi connectivity index (χ3v) is 8.07. The number of dihydropyridines is 1. The monoisotopic (exact) mass is 536 g/mol. The maximum absolute atomic E-state index is 14.0. The number of carbonyl (C=O) groups is 2. The lowest BCUT2D eigenvalue weighted by Gasteiger charge is -2.37. The van der Waals surface area contributed by atoms with Gasteiger partial charge in [-0.05, 0) is 73.1 Å². The number of Topliss-reactive ketones (excluding diaryl/α,β-unsaturated/α-hetero) is 1. The molecule has 6 heteroatoms. The summed E-state index contributed by atoms with van der Waals surface area (Å²) in [6, 6.07) is 21.8. The highest BCUT2D eigenvalue weighted by molar-refractivity contribution is 6.10. The van der Waals surface area contributed by atoms with E-state index in [9.17, 15) is 9.59 Å². The van der Waals surface area contributed by atoms with Crippen molar-refractivity contribution in [1.29, 1.82) is 0 Å². The summed E-state index contributed by atoms with van der Waals surface area (Å²) >= 11 is 0. The number of ether oxygens (including phenoxy) is 2. The van der Waals surface area contributed by atoms with Crippen LogP contribution in [-0.2, 0) is 16.0 Å². The molecule has 40 heavy (non-hydrogen) atoms. The summed E-state index contributed by atoms with van der Waals surface area (Å²) in [5.41, 5.74) is 7.81. The number of amides is 1. The van der Waals surface area contributed by atoms with Crippen molar-refractivity contribution in [3.05, 3.63) is 112 Å². The molecule has 3 aromatic rings. The van der Waals surface area contributed by atoms with Crippen LogP contribution in [0, 0.1) is 6.92 Å². The highest BCUT2D eigenvalue weighted by atomic mass is 16.5. The second-order valence-corrected chi connectivity index (χ2v) is 10.5. The minimum absolute atomic E-state index is 0.0168. The van der Waals surface area contributed by atoms with E-state index in [1.54, 1.807) is 14.2 Å². The number of methoxy groups -OCH3 is 2. The molecule has 3 aromatic carbocycles. The highest BCUT2D eigenvalue weighted by Crippen LogP contribution is 2.46. The fourth-order valence-corrected chi connectivity index (χ4v) is 5.86. The lowest BCUT2D eigenvalue weighted by Crippen LogP contribution is -2.37. The van der Waals surface area contributed by atoms with E-state index < -0.39 is 5.92 Å². The average molecular weight is 537 g/mol. The molecule has 0 aromatic heterocycles. The molecule has 0 bridgehead atoms. The first-order chi connectivity index (χ1) is 19.3. The van der Waals surface area contributed by atoms with Gasteiger partial charge in [0.1, 0.15) is 0 Å². The van der Waals surface area contributed by atoms with Gasteiger partial charge in [-0.2, -0.15) is 0 Å². The zero-order valence-corrected chi connectivity index (χ0v) is 23.8. The standard InChI is InChI=1S/C34H36N2O4/c1-6-22-11-13-23(14-12-22)32-31(34(38)36-26-10-8-7-9-20(26)2)21(3)35-27-17-25(18-28(37)33(27)32)24-15-16-29(39-4)30(19-24)40-5/h7-16,19,25,32,35H,6,17-18H2,1-5H3,(H,36,38)/t25-,32-/m0/s1. The second-order valence-electron chi connectivity index (χ2n) is 10.5. The van der Waals surface area contributed by atoms with Crippen LogP contribution in [0.15, 0.2) is 89.3 Å². The Labute approximate surface area is 236 Å². The SMILES string of the molecule is CCc1ccc([C@H]2C(C(=O)Nc3ccccc3C)=C(C)NC3=C2C(=O)C[C@@H](c2ccc(OC)c(OC)c2)C3)cc1. The number of hydrogen-bond acceptors (Lipinski definition) is 5. The van der Waals surface area contributed by atoms with Crippen molar-refractivity contribution in [2.45, 2.75) is 51.9 Å². The molecule has 206 valence electrons. The quantitative estimate of drug-likeness (QED) is 0.357. The summed E-state index contributed by atoms with van der Waals surface area (Å²) in [6.07, 6.45) is 1.93. The predicted octanol–water partition coefficient (Wildman–Crippen LogP) is 6.57. The third-order valence-electron chi connectivity index (χ3n) is 8.07. The van der Waals surface area contributed by atoms with E-state index in [1.165, 1.54) is 5.56 Å². The molecule has 0 spiro atoms. The fourth-order valence-electron chi connectivity index (χ4n) is 5.86. The van der Waals surface area contributed by atoms with Crippen LogP contribution >= 0.6 is 0 Å². The number of carbonyl (C=O) groups excluding carboxylic acids is 2. The zero-order chi connectivity index (χ0) is 28.4. The summed E-state index contributed by atoms with van der Waals surface area (Å²) in [5.74, 6) is 0.672. The number of benzene rings is 3. The minimum Gasteiger partial charge on any atom is -0.493 e. The van der Waals surface area contributed by atoms with Gasteiger partial charge in [-0.3, -0.25) is 9.59 Å². The van der Waals surface area contributed by atoms with Crippen molar-refractivity contribution in [2.75, 3.05) is 19.5 Å². The number of anilines is 1. The molecule has 0 saturated heterocycles. The van der Waals surface area contributed by atoms with Crippen molar-refractivity contribution in [3.8, 4) is 11.5 Å². The van der Waals surface area contributed by atoms with Crippen LogP contribution in [0.4, 0.5) is 5.69 Å². The highest BCUT2D eigenvalue weighted by Gasteiger charge is 2.41. The van der Waals surface area contributed by atoms with Gasteiger partial charge in [-0.1, -0.05) is 55.5 Å². The molecule has 0 unspecified atom stereocenters. The Kier molecular flexibility index (Phi) is 7.78. The van der Waals surface area contributed by atoms with E-state index in [2.05, 4.69) is 41.8 Å². The number of hydrogen-bond donors (Lipinski definition) is 2. The van der Waals surface area contributed by atoms with Gasteiger partial charge in [0, 0.05) is 40.6 Å². The van der Waals surface area contributed by atoms with Crippen molar-refractivity contribution in [1.82, 2.24) is 5.32 Å². The molecule has 0 fully saturated rings. The van der Waals surface area contributed by atoms with Gasteiger partial charge in [0.15, 0.2) is 17.3 Å². The Bertz CT molecular complexity index is 1520. The number of rotatable bonds is 7. The van der Waals surface area contributed by atoms with E-state index >= 15 is 0 Å². The van der Waals surface area contributed by atoms with Crippen LogP contribution < -0.4 is 20.1 Å². The van der Waals surface area contributed by atoms with Gasteiger partial charge in [-0.25, -0.2) is 0 Å². The van der Waals surface area contributed by atoms with Crippen LogP contribution in [-0.4, -0.2) is 25.9 Å². The van der Waals surface area contributed by atoms with Gasteiger partial charge < -0.3 is 20.1 Å². The van der Waals surface area contributed by atoms with Gasteiger partial charge in [0.25, 0.3) is 5.91 Å². The molecule has 1 amide bonds. The summed E-state index contributed by atoms with van der Waals surface area (Å²) < 4.78 is 10.9. The molecule has 1 aliphatic carbocycles. The number of nitrogens with one attached hydrogen (secondary N) is 2. The summed E-state index contributed by atoms with van der Waals surface area (Å²) in [4.78, 5) is 27.8. The number of para-hydroxylation sites is 1. The molecule has 6 nitrogen and oxygen atoms in total. The Balaban J connectivity index is 1.55. The van der Waals surface area contributed by atoms with Gasteiger partial charge in [0.2, 0.25) is 0 Å². The molecule has 2 aliphatic rings. The van der Waals surface area contributed by atoms with Crippen LogP contribution in [0.2, 0.25) is 0 Å². The zero-order valence-electron chi connectivity index (χ0n) is 23.8. The first-order valence-corrected chi connectivity index (χ1v) is 13.8. The lowest BCUT2D eigenvalue weighted by molar-refractivity contribution is -0.116. The largest absolute Gasteiger partial charge is 0.493 e. The van der Waals surface area contributed by atoms with Crippen molar-refractivity contribution < 1.29 is 19.1 Å². The Morgan fingerprint density at radius 2 is 1.62 bits per heavy atom. The molecular weight excluding hydrogens is 500 g/mol. The van der Waals surface area contributed by atoms with Crippen molar-refractivity contribution in [3.63, 3.8) is 0 Å². The summed E-state index contributed by atoms with van der Waals surface area (Å²) in [5, 5.41) is 6.58. The first-order valence-electron chi connectivity index (χ1n) is 13.8. The molecule has 2 N–H and O–H groups in total. The maximum atomic E-state index is 14.0. The topological polar surface area (TPSA) is 76.7 Å². The van der Waals surface area contributed by atoms with Crippen LogP contribution in [0.1, 0.15) is 60.8 Å². The molecule has 1 aliphatic heterocycles. The molecule has 1 heterocycles. The smallest absolute Gasteiger partial charge is 0.254 e. The molecular formula is C34H36N2O4. The molecule has 0 saturated carbocycles. The van der Waals surface area contributed by atoms with Crippen LogP contribution in [0.25, 0.3) is 0 Å². The molecule has 0 radical (unpaired) electrons. The first kappa shape index (κ1) is 27.3. The normalized spacial score (nSPS) is 18.7. The van der Waals surface area contributed by atoms with E-state index in [-0.39, 0.29) is 17.6 Å². The molecule has 2 atom stereocenters. The Morgan fingerprint density at radius 3 is 2.30 bits per heavy atom.